The Labute approximate surface area is 230 Å². The summed E-state index contributed by atoms with van der Waals surface area (Å²) in [7, 11) is 1.87. The minimum Gasteiger partial charge on any atom is -0.477 e. The largest absolute Gasteiger partial charge is 0.477 e. The molecule has 0 aliphatic carbocycles. The highest BCUT2D eigenvalue weighted by atomic mass is 32.2. The predicted molar refractivity (Wildman–Crippen MR) is 148 cm³/mol. The van der Waals surface area contributed by atoms with Crippen molar-refractivity contribution >= 4 is 46.4 Å². The molecule has 4 rings (SSSR count). The van der Waals surface area contributed by atoms with Crippen molar-refractivity contribution in [2.75, 3.05) is 20.1 Å². The van der Waals surface area contributed by atoms with E-state index >= 15 is 0 Å². The molecule has 0 spiro atoms. The molecule has 2 heterocycles. The third kappa shape index (κ3) is 5.96. The van der Waals surface area contributed by atoms with Gasteiger partial charge in [0.1, 0.15) is 17.7 Å². The van der Waals surface area contributed by atoms with Crippen LogP contribution in [0.1, 0.15) is 35.7 Å². The number of ether oxygens (including phenoxy) is 1. The minimum atomic E-state index is -0.738. The Balaban J connectivity index is 1.45. The molecule has 0 unspecified atom stereocenters. The Kier molecular flexibility index (Phi) is 8.93. The van der Waals surface area contributed by atoms with Crippen LogP contribution in [-0.2, 0) is 16.1 Å². The fourth-order valence-electron chi connectivity index (χ4n) is 4.45. The number of aliphatic hydroxyl groups is 1. The third-order valence-electron chi connectivity index (χ3n) is 6.63. The Morgan fingerprint density at radius 1 is 1.24 bits per heavy atom. The molecule has 1 saturated heterocycles. The number of likely N-dealkylation sites (N-methyl/N-ethyl adjacent to an activating group) is 1. The molecular formula is C27H29N3O6S2. The summed E-state index contributed by atoms with van der Waals surface area (Å²) in [5.41, 5.74) is 1.87. The number of nitrogens with zero attached hydrogens (tertiary/aromatic N) is 3. The number of rotatable bonds is 12. The van der Waals surface area contributed by atoms with Gasteiger partial charge < -0.3 is 9.84 Å². The van der Waals surface area contributed by atoms with Crippen molar-refractivity contribution in [3.05, 3.63) is 86.4 Å². The second-order valence-electron chi connectivity index (χ2n) is 9.27. The number of β-lactam (4-membered cyclic amide) rings is 1. The van der Waals surface area contributed by atoms with Crippen molar-refractivity contribution in [1.29, 1.82) is 0 Å². The SMILES string of the molecule is CC[C@H](O)[C@@H]1C(=O)N2C(C(=S)OCc3ccc([N+](=O)[O-])cc3)=C(CCN(C)CC(=O)c3ccccc3)S[C@H]12. The first-order valence-electron chi connectivity index (χ1n) is 12.3. The summed E-state index contributed by atoms with van der Waals surface area (Å²) in [6, 6.07) is 15.1. The number of thioether (sulfide) groups is 1. The zero-order valence-corrected chi connectivity index (χ0v) is 22.7. The first-order valence-corrected chi connectivity index (χ1v) is 13.6. The van der Waals surface area contributed by atoms with E-state index in [-0.39, 0.29) is 41.0 Å². The van der Waals surface area contributed by atoms with Crippen molar-refractivity contribution in [3.8, 4) is 0 Å². The van der Waals surface area contributed by atoms with E-state index in [9.17, 15) is 24.8 Å². The number of benzene rings is 2. The lowest BCUT2D eigenvalue weighted by Crippen LogP contribution is -2.61. The van der Waals surface area contributed by atoms with Gasteiger partial charge in [-0.25, -0.2) is 0 Å². The number of hydrogen-bond donors (Lipinski definition) is 1. The van der Waals surface area contributed by atoms with Crippen molar-refractivity contribution in [3.63, 3.8) is 0 Å². The zero-order valence-electron chi connectivity index (χ0n) is 21.1. The first-order chi connectivity index (χ1) is 18.2. The second kappa shape index (κ2) is 12.2. The van der Waals surface area contributed by atoms with E-state index < -0.39 is 16.9 Å². The molecule has 0 radical (unpaired) electrons. The number of carbonyl (C=O) groups is 2. The van der Waals surface area contributed by atoms with Crippen LogP contribution < -0.4 is 0 Å². The van der Waals surface area contributed by atoms with Gasteiger partial charge in [-0.2, -0.15) is 0 Å². The van der Waals surface area contributed by atoms with E-state index in [1.807, 2.05) is 37.1 Å². The highest BCUT2D eigenvalue weighted by molar-refractivity contribution is 8.04. The number of aliphatic hydroxyl groups excluding tert-OH is 1. The molecule has 9 nitrogen and oxygen atoms in total. The van der Waals surface area contributed by atoms with E-state index in [1.54, 1.807) is 29.2 Å². The van der Waals surface area contributed by atoms with Crippen LogP contribution in [0.2, 0.25) is 0 Å². The van der Waals surface area contributed by atoms with Crippen LogP contribution in [0.25, 0.3) is 0 Å². The second-order valence-corrected chi connectivity index (χ2v) is 10.8. The highest BCUT2D eigenvalue weighted by Crippen LogP contribution is 2.52. The van der Waals surface area contributed by atoms with Gasteiger partial charge in [0.25, 0.3) is 5.69 Å². The summed E-state index contributed by atoms with van der Waals surface area (Å²) >= 11 is 7.10. The standard InChI is InChI=1S/C27H29N3O6S2/c1-3-20(31)23-25(33)29-24(27(37)36-16-17-9-11-19(12-10-17)30(34)35)22(38-26(23)29)13-14-28(2)15-21(32)18-7-5-4-6-8-18/h4-12,20,23,26,31H,3,13-16H2,1-2H3/t20-,23+,26+/m0/s1. The van der Waals surface area contributed by atoms with Crippen LogP contribution in [0.4, 0.5) is 5.69 Å². The fourth-order valence-corrected chi connectivity index (χ4v) is 6.35. The molecule has 3 atom stereocenters. The number of carbonyl (C=O) groups excluding carboxylic acids is 2. The summed E-state index contributed by atoms with van der Waals surface area (Å²) in [6.07, 6.45) is 0.282. The van der Waals surface area contributed by atoms with Gasteiger partial charge in [-0.1, -0.05) is 37.3 Å². The van der Waals surface area contributed by atoms with Gasteiger partial charge in [0, 0.05) is 29.1 Å². The monoisotopic (exact) mass is 555 g/mol. The molecule has 2 aliphatic rings. The van der Waals surface area contributed by atoms with Gasteiger partial charge in [0.05, 0.1) is 23.5 Å². The number of non-ortho nitro benzene ring substituents is 1. The predicted octanol–water partition coefficient (Wildman–Crippen LogP) is 4.16. The molecule has 0 bridgehead atoms. The molecule has 1 fully saturated rings. The number of thiocarbonyl (C=S) groups is 1. The quantitative estimate of drug-likeness (QED) is 0.136. The molecular weight excluding hydrogens is 526 g/mol. The van der Waals surface area contributed by atoms with Crippen molar-refractivity contribution in [2.24, 2.45) is 5.92 Å². The van der Waals surface area contributed by atoms with Gasteiger partial charge in [-0.15, -0.1) is 11.8 Å². The topological polar surface area (TPSA) is 113 Å². The van der Waals surface area contributed by atoms with Crippen LogP contribution in [-0.4, -0.2) is 68.2 Å². The van der Waals surface area contributed by atoms with Crippen molar-refractivity contribution in [1.82, 2.24) is 9.80 Å². The normalized spacial score (nSPS) is 19.3. The maximum atomic E-state index is 13.0. The molecule has 1 amide bonds. The summed E-state index contributed by atoms with van der Waals surface area (Å²) in [5.74, 6) is -0.670. The van der Waals surface area contributed by atoms with E-state index in [1.165, 1.54) is 23.9 Å². The van der Waals surface area contributed by atoms with E-state index in [2.05, 4.69) is 0 Å². The molecule has 200 valence electrons. The van der Waals surface area contributed by atoms with Crippen LogP contribution >= 0.6 is 24.0 Å². The number of nitro groups is 1. The van der Waals surface area contributed by atoms with Crippen LogP contribution in [0.5, 0.6) is 0 Å². The summed E-state index contributed by atoms with van der Waals surface area (Å²) < 4.78 is 5.86. The van der Waals surface area contributed by atoms with Crippen molar-refractivity contribution in [2.45, 2.75) is 37.9 Å². The third-order valence-corrected chi connectivity index (χ3v) is 8.36. The molecule has 2 aromatic carbocycles. The highest BCUT2D eigenvalue weighted by Gasteiger charge is 2.57. The number of fused-ring (bicyclic) bond motifs is 1. The number of ketones is 1. The van der Waals surface area contributed by atoms with Gasteiger partial charge in [-0.05, 0) is 49.8 Å². The number of Topliss-reactive ketones (excluding diaryl/α,β-unsaturated/α-hetero) is 1. The Hall–Kier alpha value is -3.12. The van der Waals surface area contributed by atoms with E-state index in [0.29, 0.717) is 36.2 Å². The molecule has 2 aliphatic heterocycles. The average Bonchev–Trinajstić information content (AvgIpc) is 3.25. The molecule has 0 saturated carbocycles. The molecule has 0 aromatic heterocycles. The lowest BCUT2D eigenvalue weighted by Gasteiger charge is -2.44. The smallest absolute Gasteiger partial charge is 0.269 e. The fraction of sp³-hybridized carbons (Fsp3) is 0.370. The van der Waals surface area contributed by atoms with E-state index in [4.69, 9.17) is 17.0 Å². The number of nitro benzene ring substituents is 1. The van der Waals surface area contributed by atoms with Gasteiger partial charge in [-0.3, -0.25) is 29.5 Å². The Morgan fingerprint density at radius 2 is 1.92 bits per heavy atom. The first kappa shape index (κ1) is 27.9. The van der Waals surface area contributed by atoms with Crippen LogP contribution in [0.3, 0.4) is 0 Å². The van der Waals surface area contributed by atoms with Crippen molar-refractivity contribution < 1.29 is 24.4 Å². The summed E-state index contributed by atoms with van der Waals surface area (Å²) in [5, 5.41) is 21.2. The van der Waals surface area contributed by atoms with E-state index in [0.717, 1.165) is 4.91 Å². The number of hydrogen-bond acceptors (Lipinski definition) is 9. The molecule has 2 aromatic rings. The average molecular weight is 556 g/mol. The molecule has 38 heavy (non-hydrogen) atoms. The Bertz CT molecular complexity index is 1250. The zero-order chi connectivity index (χ0) is 27.4. The maximum Gasteiger partial charge on any atom is 0.269 e. The summed E-state index contributed by atoms with van der Waals surface area (Å²) in [6.45, 7) is 2.75. The molecule has 11 heteroatoms. The number of amides is 1. The summed E-state index contributed by atoms with van der Waals surface area (Å²) in [4.78, 5) is 40.4. The lowest BCUT2D eigenvalue weighted by molar-refractivity contribution is -0.384. The van der Waals surface area contributed by atoms with Crippen LogP contribution in [0.15, 0.2) is 65.2 Å². The lowest BCUT2D eigenvalue weighted by atomic mass is 9.90. The van der Waals surface area contributed by atoms with Gasteiger partial charge in [0.15, 0.2) is 5.78 Å². The maximum absolute atomic E-state index is 13.0. The minimum absolute atomic E-state index is 0.0158. The van der Waals surface area contributed by atoms with Crippen LogP contribution in [0, 0.1) is 16.0 Å². The molecule has 1 N–H and O–H groups in total. The van der Waals surface area contributed by atoms with Gasteiger partial charge >= 0.3 is 0 Å². The van der Waals surface area contributed by atoms with Gasteiger partial charge in [0.2, 0.25) is 11.0 Å². The Morgan fingerprint density at radius 3 is 2.55 bits per heavy atom.